The van der Waals surface area contributed by atoms with Crippen LogP contribution in [-0.4, -0.2) is 29.6 Å². The van der Waals surface area contributed by atoms with Crippen LogP contribution in [0.1, 0.15) is 51.9 Å². The zero-order valence-corrected chi connectivity index (χ0v) is 11.7. The van der Waals surface area contributed by atoms with E-state index < -0.39 is 12.0 Å². The molecule has 110 valence electrons. The molecule has 0 saturated carbocycles. The maximum Gasteiger partial charge on any atom is 0.320 e. The van der Waals surface area contributed by atoms with Crippen LogP contribution in [0.3, 0.4) is 0 Å². The van der Waals surface area contributed by atoms with Crippen molar-refractivity contribution in [1.82, 2.24) is 5.32 Å². The fourth-order valence-electron chi connectivity index (χ4n) is 1.55. The second-order valence-corrected chi connectivity index (χ2v) is 4.59. The molecule has 0 saturated heterocycles. The maximum atomic E-state index is 11.4. The van der Waals surface area contributed by atoms with Crippen LogP contribution in [0.5, 0.6) is 0 Å². The minimum Gasteiger partial charge on any atom is -0.480 e. The molecular formula is C14H26N2O3. The Morgan fingerprint density at radius 3 is 2.58 bits per heavy atom. The highest BCUT2D eigenvalue weighted by molar-refractivity contribution is 5.75. The van der Waals surface area contributed by atoms with Crippen molar-refractivity contribution in [1.29, 1.82) is 0 Å². The van der Waals surface area contributed by atoms with Gasteiger partial charge in [-0.3, -0.25) is 9.59 Å². The molecule has 0 fully saturated rings. The summed E-state index contributed by atoms with van der Waals surface area (Å²) in [6.45, 7) is 2.71. The molecule has 1 amide bonds. The molecule has 0 aromatic rings. The quantitative estimate of drug-likeness (QED) is 0.394. The van der Waals surface area contributed by atoms with Gasteiger partial charge in [0.25, 0.3) is 0 Å². The van der Waals surface area contributed by atoms with Crippen LogP contribution < -0.4 is 11.1 Å². The van der Waals surface area contributed by atoms with Gasteiger partial charge in [0, 0.05) is 13.0 Å². The van der Waals surface area contributed by atoms with Crippen LogP contribution in [-0.2, 0) is 9.59 Å². The van der Waals surface area contributed by atoms with E-state index in [-0.39, 0.29) is 5.91 Å². The van der Waals surface area contributed by atoms with Crippen molar-refractivity contribution < 1.29 is 14.7 Å². The number of nitrogens with two attached hydrogens (primary N) is 1. The third-order valence-corrected chi connectivity index (χ3v) is 2.74. The third-order valence-electron chi connectivity index (χ3n) is 2.74. The molecule has 0 aliphatic rings. The summed E-state index contributed by atoms with van der Waals surface area (Å²) >= 11 is 0. The number of allylic oxidation sites excluding steroid dienone is 2. The Balaban J connectivity index is 3.41. The summed E-state index contributed by atoms with van der Waals surface area (Å²) < 4.78 is 0. The van der Waals surface area contributed by atoms with Gasteiger partial charge in [-0.15, -0.1) is 0 Å². The van der Waals surface area contributed by atoms with Gasteiger partial charge in [0.1, 0.15) is 6.04 Å². The smallest absolute Gasteiger partial charge is 0.320 e. The average Bonchev–Trinajstić information content (AvgIpc) is 2.37. The Bertz CT molecular complexity index is 290. The maximum absolute atomic E-state index is 11.4. The first-order chi connectivity index (χ1) is 9.07. The van der Waals surface area contributed by atoms with Gasteiger partial charge in [-0.1, -0.05) is 25.5 Å². The van der Waals surface area contributed by atoms with Crippen molar-refractivity contribution in [2.45, 2.75) is 57.9 Å². The number of hydrogen-bond donors (Lipinski definition) is 3. The van der Waals surface area contributed by atoms with Crippen molar-refractivity contribution in [3.05, 3.63) is 12.2 Å². The van der Waals surface area contributed by atoms with Gasteiger partial charge in [-0.2, -0.15) is 0 Å². The SMILES string of the molecule is CCC/C=C/CCC(=O)NCCCC[C@H](N)C(=O)O. The molecule has 0 aliphatic heterocycles. The van der Waals surface area contributed by atoms with Crippen molar-refractivity contribution in [2.75, 3.05) is 6.54 Å². The molecule has 0 aromatic heterocycles. The predicted octanol–water partition coefficient (Wildman–Crippen LogP) is 1.82. The molecule has 5 nitrogen and oxygen atoms in total. The number of amides is 1. The molecule has 0 radical (unpaired) electrons. The third kappa shape index (κ3) is 11.5. The number of unbranched alkanes of at least 4 members (excludes halogenated alkanes) is 2. The monoisotopic (exact) mass is 270 g/mol. The van der Waals surface area contributed by atoms with E-state index in [9.17, 15) is 9.59 Å². The second-order valence-electron chi connectivity index (χ2n) is 4.59. The highest BCUT2D eigenvalue weighted by atomic mass is 16.4. The number of carbonyl (C=O) groups is 2. The molecule has 0 heterocycles. The molecule has 0 aromatic carbocycles. The number of rotatable bonds is 11. The predicted molar refractivity (Wildman–Crippen MR) is 75.8 cm³/mol. The lowest BCUT2D eigenvalue weighted by atomic mass is 10.1. The number of carboxylic acid groups (broad SMARTS) is 1. The highest BCUT2D eigenvalue weighted by Gasteiger charge is 2.09. The van der Waals surface area contributed by atoms with E-state index in [1.54, 1.807) is 0 Å². The number of nitrogens with one attached hydrogen (secondary N) is 1. The number of carbonyl (C=O) groups excluding carboxylic acids is 1. The molecule has 0 unspecified atom stereocenters. The van der Waals surface area contributed by atoms with Crippen molar-refractivity contribution in [3.63, 3.8) is 0 Å². The molecule has 19 heavy (non-hydrogen) atoms. The van der Waals surface area contributed by atoms with E-state index in [0.717, 1.165) is 25.7 Å². The first kappa shape index (κ1) is 17.6. The van der Waals surface area contributed by atoms with E-state index in [1.165, 1.54) is 0 Å². The summed E-state index contributed by atoms with van der Waals surface area (Å²) in [5.41, 5.74) is 5.37. The minimum atomic E-state index is -0.970. The first-order valence-electron chi connectivity index (χ1n) is 6.98. The van der Waals surface area contributed by atoms with Gasteiger partial charge in [-0.05, 0) is 32.1 Å². The summed E-state index contributed by atoms with van der Waals surface area (Å²) in [5.74, 6) is -0.924. The normalized spacial score (nSPS) is 12.5. The van der Waals surface area contributed by atoms with Crippen molar-refractivity contribution in [2.24, 2.45) is 5.73 Å². The van der Waals surface area contributed by atoms with E-state index in [2.05, 4.69) is 18.3 Å². The standard InChI is InChI=1S/C14H26N2O3/c1-2-3-4-5-6-10-13(17)16-11-8-7-9-12(15)14(18)19/h4-5,12H,2-3,6-11,15H2,1H3,(H,16,17)(H,18,19)/b5-4+/t12-/m0/s1. The lowest BCUT2D eigenvalue weighted by Gasteiger charge is -2.06. The Morgan fingerprint density at radius 1 is 1.26 bits per heavy atom. The molecule has 0 bridgehead atoms. The second kappa shape index (κ2) is 11.7. The molecule has 0 aliphatic carbocycles. The summed E-state index contributed by atoms with van der Waals surface area (Å²) in [6.07, 6.45) is 9.53. The molecule has 4 N–H and O–H groups in total. The molecule has 0 spiro atoms. The Morgan fingerprint density at radius 2 is 1.95 bits per heavy atom. The van der Waals surface area contributed by atoms with E-state index >= 15 is 0 Å². The zero-order chi connectivity index (χ0) is 14.5. The van der Waals surface area contributed by atoms with Gasteiger partial charge < -0.3 is 16.2 Å². The average molecular weight is 270 g/mol. The zero-order valence-electron chi connectivity index (χ0n) is 11.7. The van der Waals surface area contributed by atoms with Crippen LogP contribution in [0.2, 0.25) is 0 Å². The summed E-state index contributed by atoms with van der Waals surface area (Å²) in [6, 6.07) is -0.792. The van der Waals surface area contributed by atoms with Gasteiger partial charge >= 0.3 is 5.97 Å². The van der Waals surface area contributed by atoms with E-state index in [0.29, 0.717) is 25.8 Å². The Kier molecular flexibility index (Phi) is 10.9. The van der Waals surface area contributed by atoms with Gasteiger partial charge in [-0.25, -0.2) is 0 Å². The molecule has 1 atom stereocenters. The Labute approximate surface area is 115 Å². The van der Waals surface area contributed by atoms with Gasteiger partial charge in [0.2, 0.25) is 5.91 Å². The summed E-state index contributed by atoms with van der Waals surface area (Å²) in [4.78, 5) is 21.9. The van der Waals surface area contributed by atoms with Crippen LogP contribution in [0.25, 0.3) is 0 Å². The first-order valence-corrected chi connectivity index (χ1v) is 6.98. The van der Waals surface area contributed by atoms with Crippen molar-refractivity contribution >= 4 is 11.9 Å². The number of aliphatic carboxylic acids is 1. The minimum absolute atomic E-state index is 0.0451. The van der Waals surface area contributed by atoms with Crippen LogP contribution in [0.15, 0.2) is 12.2 Å². The summed E-state index contributed by atoms with van der Waals surface area (Å²) in [7, 11) is 0. The number of hydrogen-bond acceptors (Lipinski definition) is 3. The topological polar surface area (TPSA) is 92.4 Å². The fraction of sp³-hybridized carbons (Fsp3) is 0.714. The largest absolute Gasteiger partial charge is 0.480 e. The van der Waals surface area contributed by atoms with Crippen molar-refractivity contribution in [3.8, 4) is 0 Å². The molecular weight excluding hydrogens is 244 g/mol. The Hall–Kier alpha value is -1.36. The van der Waals surface area contributed by atoms with Crippen LogP contribution >= 0.6 is 0 Å². The van der Waals surface area contributed by atoms with E-state index in [4.69, 9.17) is 10.8 Å². The molecule has 5 heteroatoms. The number of carboxylic acids is 1. The highest BCUT2D eigenvalue weighted by Crippen LogP contribution is 1.99. The van der Waals surface area contributed by atoms with Crippen LogP contribution in [0, 0.1) is 0 Å². The molecule has 0 rings (SSSR count). The lowest BCUT2D eigenvalue weighted by molar-refractivity contribution is -0.138. The van der Waals surface area contributed by atoms with E-state index in [1.807, 2.05) is 6.08 Å². The van der Waals surface area contributed by atoms with Gasteiger partial charge in [0.05, 0.1) is 0 Å². The van der Waals surface area contributed by atoms with Gasteiger partial charge in [0.15, 0.2) is 0 Å². The fourth-order valence-corrected chi connectivity index (χ4v) is 1.55. The summed E-state index contributed by atoms with van der Waals surface area (Å²) in [5, 5.41) is 11.4. The van der Waals surface area contributed by atoms with Crippen LogP contribution in [0.4, 0.5) is 0 Å². The lowest BCUT2D eigenvalue weighted by Crippen LogP contribution is -2.30.